The van der Waals surface area contributed by atoms with Crippen LogP contribution in [0.3, 0.4) is 0 Å². The number of allylic oxidation sites excluding steroid dienone is 1. The second-order valence-electron chi connectivity index (χ2n) is 5.13. The molecule has 0 amide bonds. The normalized spacial score (nSPS) is 11.2. The van der Waals surface area contributed by atoms with Gasteiger partial charge in [-0.25, -0.2) is 13.1 Å². The Morgan fingerprint density at radius 3 is 2.38 bits per heavy atom. The second-order valence-corrected chi connectivity index (χ2v) is 6.87. The van der Waals surface area contributed by atoms with Gasteiger partial charge in [-0.3, -0.25) is 10.1 Å². The third-order valence-electron chi connectivity index (χ3n) is 3.52. The highest BCUT2D eigenvalue weighted by Gasteiger charge is 2.24. The molecule has 0 aliphatic heterocycles. The molecule has 2 rings (SSSR count). The van der Waals surface area contributed by atoms with Gasteiger partial charge in [-0.1, -0.05) is 42.5 Å². The Balaban J connectivity index is 2.12. The first-order valence-corrected chi connectivity index (χ1v) is 8.85. The number of rotatable bonds is 8. The molecule has 0 saturated heterocycles. The van der Waals surface area contributed by atoms with Gasteiger partial charge >= 0.3 is 0 Å². The smallest absolute Gasteiger partial charge is 0.258 e. The number of para-hydroxylation sites is 1. The highest BCUT2D eigenvalue weighted by Crippen LogP contribution is 2.22. The number of benzene rings is 2. The van der Waals surface area contributed by atoms with Crippen LogP contribution in [0.15, 0.2) is 66.1 Å². The molecule has 2 aromatic carbocycles. The van der Waals surface area contributed by atoms with Crippen LogP contribution in [-0.2, 0) is 22.9 Å². The van der Waals surface area contributed by atoms with Gasteiger partial charge in [0.1, 0.15) is 0 Å². The number of nitrogens with zero attached hydrogens (tertiary/aromatic N) is 1. The van der Waals surface area contributed by atoms with Crippen molar-refractivity contribution >= 4 is 15.7 Å². The van der Waals surface area contributed by atoms with Gasteiger partial charge in [-0.15, -0.1) is 6.58 Å². The molecule has 0 aromatic heterocycles. The molecule has 7 heteroatoms. The van der Waals surface area contributed by atoms with Crippen molar-refractivity contribution in [3.8, 4) is 0 Å². The fourth-order valence-corrected chi connectivity index (χ4v) is 3.59. The summed E-state index contributed by atoms with van der Waals surface area (Å²) in [6.45, 7) is 3.86. The maximum absolute atomic E-state index is 12.3. The zero-order valence-electron chi connectivity index (χ0n) is 13.0. The van der Waals surface area contributed by atoms with E-state index in [1.165, 1.54) is 24.3 Å². The van der Waals surface area contributed by atoms with Crippen LogP contribution in [0, 0.1) is 10.1 Å². The average molecular weight is 346 g/mol. The summed E-state index contributed by atoms with van der Waals surface area (Å²) in [5.41, 5.74) is 1.66. The van der Waals surface area contributed by atoms with Crippen molar-refractivity contribution in [3.63, 3.8) is 0 Å². The maximum atomic E-state index is 12.3. The molecule has 1 N–H and O–H groups in total. The zero-order valence-corrected chi connectivity index (χ0v) is 13.8. The topological polar surface area (TPSA) is 89.3 Å². The summed E-state index contributed by atoms with van der Waals surface area (Å²) in [5, 5.41) is 11.0. The van der Waals surface area contributed by atoms with Gasteiger partial charge in [0.05, 0.1) is 4.92 Å². The number of hydrogen-bond acceptors (Lipinski definition) is 4. The van der Waals surface area contributed by atoms with Crippen molar-refractivity contribution in [2.75, 3.05) is 6.54 Å². The fraction of sp³-hybridized carbons (Fsp3) is 0.176. The number of hydrogen-bond donors (Lipinski definition) is 1. The van der Waals surface area contributed by atoms with E-state index in [-0.39, 0.29) is 11.4 Å². The maximum Gasteiger partial charge on any atom is 0.289 e. The van der Waals surface area contributed by atoms with E-state index in [4.69, 9.17) is 0 Å². The Kier molecular flexibility index (Phi) is 5.83. The van der Waals surface area contributed by atoms with Crippen LogP contribution in [0.1, 0.15) is 11.1 Å². The predicted octanol–water partition coefficient (Wildman–Crippen LogP) is 2.84. The van der Waals surface area contributed by atoms with Crippen LogP contribution in [0.4, 0.5) is 5.69 Å². The van der Waals surface area contributed by atoms with Crippen molar-refractivity contribution in [3.05, 3.63) is 82.4 Å². The molecule has 0 bridgehead atoms. The number of nitro groups is 1. The Hall–Kier alpha value is -2.51. The largest absolute Gasteiger partial charge is 0.289 e. The summed E-state index contributed by atoms with van der Waals surface area (Å²) in [6.07, 6.45) is 2.98. The van der Waals surface area contributed by atoms with Crippen molar-refractivity contribution in [2.45, 2.75) is 17.7 Å². The van der Waals surface area contributed by atoms with Gasteiger partial charge < -0.3 is 0 Å². The van der Waals surface area contributed by atoms with Crippen molar-refractivity contribution < 1.29 is 13.3 Å². The molecule has 0 aliphatic carbocycles. The first-order chi connectivity index (χ1) is 11.5. The molecule has 0 unspecified atom stereocenters. The lowest BCUT2D eigenvalue weighted by atomic mass is 10.0. The van der Waals surface area contributed by atoms with Gasteiger partial charge in [-0.05, 0) is 30.0 Å². The van der Waals surface area contributed by atoms with Crippen molar-refractivity contribution in [1.29, 1.82) is 0 Å². The van der Waals surface area contributed by atoms with E-state index in [9.17, 15) is 18.5 Å². The standard InChI is InChI=1S/C17H18N2O4S/c1-2-7-14-8-3-4-9-15(14)12-13-18-24(22,23)17-11-6-5-10-16(17)19(20)21/h2-6,8-11,18H,1,7,12-13H2. The molecule has 0 radical (unpaired) electrons. The van der Waals surface area contributed by atoms with Gasteiger partial charge in [-0.2, -0.15) is 0 Å². The van der Waals surface area contributed by atoms with Gasteiger partial charge in [0.2, 0.25) is 10.0 Å². The molecular weight excluding hydrogens is 328 g/mol. The lowest BCUT2D eigenvalue weighted by Gasteiger charge is -2.10. The SMILES string of the molecule is C=CCc1ccccc1CCNS(=O)(=O)c1ccccc1[N+](=O)[O-]. The van der Waals surface area contributed by atoms with Crippen LogP contribution < -0.4 is 4.72 Å². The van der Waals surface area contributed by atoms with Gasteiger partial charge in [0.25, 0.3) is 5.69 Å². The summed E-state index contributed by atoms with van der Waals surface area (Å²) >= 11 is 0. The van der Waals surface area contributed by atoms with Crippen molar-refractivity contribution in [2.24, 2.45) is 0 Å². The van der Waals surface area contributed by atoms with E-state index in [0.717, 1.165) is 11.1 Å². The summed E-state index contributed by atoms with van der Waals surface area (Å²) in [6, 6.07) is 13.0. The van der Waals surface area contributed by atoms with E-state index in [1.54, 1.807) is 6.08 Å². The molecule has 0 spiro atoms. The first kappa shape index (κ1) is 17.8. The Labute approximate surface area is 141 Å². The van der Waals surface area contributed by atoms with Crippen LogP contribution in [-0.4, -0.2) is 19.9 Å². The minimum atomic E-state index is -3.94. The predicted molar refractivity (Wildman–Crippen MR) is 92.3 cm³/mol. The molecule has 0 heterocycles. The average Bonchev–Trinajstić information content (AvgIpc) is 2.56. The van der Waals surface area contributed by atoms with Crippen LogP contribution in [0.25, 0.3) is 0 Å². The quantitative estimate of drug-likeness (QED) is 0.452. The van der Waals surface area contributed by atoms with Gasteiger partial charge in [0, 0.05) is 12.6 Å². The lowest BCUT2D eigenvalue weighted by molar-refractivity contribution is -0.387. The Bertz CT molecular complexity index is 847. The number of sulfonamides is 1. The second kappa shape index (κ2) is 7.85. The summed E-state index contributed by atoms with van der Waals surface area (Å²) in [4.78, 5) is 9.96. The van der Waals surface area contributed by atoms with Gasteiger partial charge in [0.15, 0.2) is 4.90 Å². The minimum absolute atomic E-state index is 0.155. The number of nitrogens with one attached hydrogen (secondary N) is 1. The van der Waals surface area contributed by atoms with E-state index in [2.05, 4.69) is 11.3 Å². The Morgan fingerprint density at radius 1 is 1.08 bits per heavy atom. The molecule has 0 atom stereocenters. The fourth-order valence-electron chi connectivity index (χ4n) is 2.39. The molecular formula is C17H18N2O4S. The first-order valence-electron chi connectivity index (χ1n) is 7.36. The minimum Gasteiger partial charge on any atom is -0.258 e. The highest BCUT2D eigenvalue weighted by molar-refractivity contribution is 7.89. The molecule has 24 heavy (non-hydrogen) atoms. The third-order valence-corrected chi connectivity index (χ3v) is 5.03. The summed E-state index contributed by atoms with van der Waals surface area (Å²) in [5.74, 6) is 0. The van der Waals surface area contributed by atoms with E-state index in [1.807, 2.05) is 24.3 Å². The molecule has 0 aliphatic rings. The molecule has 0 fully saturated rings. The van der Waals surface area contributed by atoms with Crippen LogP contribution >= 0.6 is 0 Å². The third kappa shape index (κ3) is 4.27. The molecule has 6 nitrogen and oxygen atoms in total. The zero-order chi connectivity index (χ0) is 17.6. The molecule has 2 aromatic rings. The molecule has 0 saturated carbocycles. The number of nitro benzene ring substituents is 1. The van der Waals surface area contributed by atoms with Crippen molar-refractivity contribution in [1.82, 2.24) is 4.72 Å². The highest BCUT2D eigenvalue weighted by atomic mass is 32.2. The van der Waals surface area contributed by atoms with E-state index in [0.29, 0.717) is 12.8 Å². The monoisotopic (exact) mass is 346 g/mol. The Morgan fingerprint density at radius 2 is 1.71 bits per heavy atom. The van der Waals surface area contributed by atoms with E-state index < -0.39 is 20.6 Å². The van der Waals surface area contributed by atoms with E-state index >= 15 is 0 Å². The summed E-state index contributed by atoms with van der Waals surface area (Å²) < 4.78 is 27.1. The molecule has 126 valence electrons. The van der Waals surface area contributed by atoms with Crippen LogP contribution in [0.5, 0.6) is 0 Å². The summed E-state index contributed by atoms with van der Waals surface area (Å²) in [7, 11) is -3.94. The lowest BCUT2D eigenvalue weighted by Crippen LogP contribution is -2.26. The van der Waals surface area contributed by atoms with Crippen LogP contribution in [0.2, 0.25) is 0 Å².